The molecule has 0 bridgehead atoms. The van der Waals surface area contributed by atoms with Gasteiger partial charge in [0.15, 0.2) is 12.0 Å². The van der Waals surface area contributed by atoms with Crippen molar-refractivity contribution in [3.63, 3.8) is 0 Å². The van der Waals surface area contributed by atoms with E-state index in [0.29, 0.717) is 5.39 Å². The number of aliphatic hydroxyl groups is 2. The van der Waals surface area contributed by atoms with E-state index in [4.69, 9.17) is 24.3 Å². The number of nitrogen functional groups attached to an aromatic ring is 1. The summed E-state index contributed by atoms with van der Waals surface area (Å²) in [6.45, 7) is 4.31. The number of anilines is 2. The lowest BCUT2D eigenvalue weighted by molar-refractivity contribution is -0.149. The van der Waals surface area contributed by atoms with E-state index in [9.17, 15) is 24.8 Å². The number of rotatable bonds is 11. The Balaban J connectivity index is 1.52. The van der Waals surface area contributed by atoms with Crippen molar-refractivity contribution in [2.24, 2.45) is 0 Å². The highest BCUT2D eigenvalue weighted by atomic mass is 31.2. The first kappa shape index (κ1) is 28.7. The van der Waals surface area contributed by atoms with Gasteiger partial charge in [0.05, 0.1) is 18.1 Å². The summed E-state index contributed by atoms with van der Waals surface area (Å²) in [5.74, 6) is -0.579. The third-order valence-electron chi connectivity index (χ3n) is 5.74. The number of fused-ring (bicyclic) bond motifs is 1. The van der Waals surface area contributed by atoms with E-state index in [1.165, 1.54) is 17.7 Å². The maximum absolute atomic E-state index is 13.7. The quantitative estimate of drug-likeness (QED) is 0.110. The number of aliphatic hydroxyl groups excluding tert-OH is 2. The molecule has 0 radical (unpaired) electrons. The van der Waals surface area contributed by atoms with Crippen LogP contribution in [0.1, 0.15) is 27.0 Å². The number of hydrogen-bond donors (Lipinski definition) is 6. The molecule has 1 aliphatic heterocycles. The minimum absolute atomic E-state index is 0.0411. The van der Waals surface area contributed by atoms with Crippen molar-refractivity contribution in [3.05, 3.63) is 42.6 Å². The Bertz CT molecular complexity index is 1340. The van der Waals surface area contributed by atoms with Crippen LogP contribution in [0, 0.1) is 0 Å². The van der Waals surface area contributed by atoms with Crippen LogP contribution in [0.25, 0.3) is 11.0 Å². The first-order chi connectivity index (χ1) is 18.5. The van der Waals surface area contributed by atoms with E-state index < -0.39 is 57.0 Å². The molecule has 1 fully saturated rings. The summed E-state index contributed by atoms with van der Waals surface area (Å²) in [7, 11) is -4.23. The van der Waals surface area contributed by atoms with Gasteiger partial charge in [-0.25, -0.2) is 4.57 Å². The number of carbonyl (C=O) groups is 1. The molecule has 39 heavy (non-hydrogen) atoms. The summed E-state index contributed by atoms with van der Waals surface area (Å²) >= 11 is 0. The van der Waals surface area contributed by atoms with Gasteiger partial charge in [-0.15, -0.1) is 0 Å². The van der Waals surface area contributed by atoms with Crippen LogP contribution in [-0.4, -0.2) is 73.0 Å². The third-order valence-corrected chi connectivity index (χ3v) is 7.38. The second-order valence-electron chi connectivity index (χ2n) is 9.08. The molecule has 3 aromatic rings. The van der Waals surface area contributed by atoms with Gasteiger partial charge in [-0.05, 0) is 39.0 Å². The van der Waals surface area contributed by atoms with Crippen LogP contribution in [-0.2, 0) is 23.4 Å². The Morgan fingerprint density at radius 3 is 2.56 bits per heavy atom. The normalized spacial score (nSPS) is 23.5. The first-order valence-electron chi connectivity index (χ1n) is 12.0. The Labute approximate surface area is 223 Å². The van der Waals surface area contributed by atoms with Crippen LogP contribution < -0.4 is 20.8 Å². The number of nitrogens with one attached hydrogen (secondary N) is 2. The van der Waals surface area contributed by atoms with E-state index in [2.05, 4.69) is 15.1 Å². The molecule has 0 aliphatic carbocycles. The van der Waals surface area contributed by atoms with Gasteiger partial charge in [0.2, 0.25) is 5.95 Å². The molecule has 1 aromatic carbocycles. The minimum atomic E-state index is -4.23. The molecule has 212 valence electrons. The zero-order chi connectivity index (χ0) is 28.3. The topological polar surface area (TPSA) is 213 Å². The predicted molar refractivity (Wildman–Crippen MR) is 138 cm³/mol. The first-order valence-corrected chi connectivity index (χ1v) is 13.6. The van der Waals surface area contributed by atoms with Crippen LogP contribution in [0.15, 0.2) is 42.6 Å². The fourth-order valence-corrected chi connectivity index (χ4v) is 5.45. The summed E-state index contributed by atoms with van der Waals surface area (Å²) < 4.78 is 37.3. The van der Waals surface area contributed by atoms with Gasteiger partial charge in [-0.2, -0.15) is 15.1 Å². The smallest absolute Gasteiger partial charge is 0.459 e. The third kappa shape index (κ3) is 6.47. The van der Waals surface area contributed by atoms with Crippen molar-refractivity contribution in [3.8, 4) is 5.75 Å². The molecule has 1 aliphatic rings. The van der Waals surface area contributed by atoms with Crippen LogP contribution in [0.2, 0.25) is 0 Å². The van der Waals surface area contributed by atoms with Gasteiger partial charge in [0.1, 0.15) is 35.8 Å². The summed E-state index contributed by atoms with van der Waals surface area (Å²) in [6.07, 6.45) is -4.10. The van der Waals surface area contributed by atoms with Gasteiger partial charge < -0.3 is 34.5 Å². The van der Waals surface area contributed by atoms with Crippen molar-refractivity contribution in [1.29, 1.82) is 0 Å². The van der Waals surface area contributed by atoms with Crippen molar-refractivity contribution in [2.75, 3.05) is 17.8 Å². The van der Waals surface area contributed by atoms with Crippen molar-refractivity contribution >= 4 is 36.5 Å². The average molecular weight is 567 g/mol. The standard InChI is InChI=1S/C23H31N6O9P/c1-12(2)36-22(32)13(3)28-39(34,38-14-7-5-4-6-8-14)35-11-16-17(30)18(31)21(37-16)29-10-9-15-19(27-33)25-23(24)26-20(15)29/h4-10,12-13,16-18,21,30-31,33H,11H2,1-3H3,(H,28,34)(H3,24,25,26,27)/t13-,16-,17-,18-,21-,39+/m1/s1. The highest BCUT2D eigenvalue weighted by Gasteiger charge is 2.46. The average Bonchev–Trinajstić information content (AvgIpc) is 3.42. The molecule has 1 saturated heterocycles. The van der Waals surface area contributed by atoms with Gasteiger partial charge >= 0.3 is 13.7 Å². The number of ether oxygens (including phenoxy) is 2. The van der Waals surface area contributed by atoms with E-state index in [1.54, 1.807) is 50.2 Å². The fourth-order valence-electron chi connectivity index (χ4n) is 3.94. The van der Waals surface area contributed by atoms with Crippen molar-refractivity contribution < 1.29 is 43.3 Å². The molecule has 0 unspecified atom stereocenters. The summed E-state index contributed by atoms with van der Waals surface area (Å²) in [5.41, 5.74) is 7.87. The largest absolute Gasteiger partial charge is 0.462 e. The van der Waals surface area contributed by atoms with Gasteiger partial charge in [-0.3, -0.25) is 20.0 Å². The zero-order valence-electron chi connectivity index (χ0n) is 21.4. The predicted octanol–water partition coefficient (Wildman–Crippen LogP) is 1.57. The number of nitrogens with zero attached hydrogens (tertiary/aromatic N) is 3. The van der Waals surface area contributed by atoms with E-state index >= 15 is 0 Å². The molecular formula is C23H31N6O9P. The van der Waals surface area contributed by atoms with Gasteiger partial charge in [0.25, 0.3) is 0 Å². The lowest BCUT2D eigenvalue weighted by Crippen LogP contribution is -2.38. The Hall–Kier alpha value is -3.30. The number of aromatic nitrogens is 3. The highest BCUT2D eigenvalue weighted by Crippen LogP contribution is 2.46. The number of hydrogen-bond acceptors (Lipinski definition) is 13. The number of benzene rings is 1. The molecule has 0 saturated carbocycles. The molecule has 15 nitrogen and oxygen atoms in total. The molecule has 0 spiro atoms. The van der Waals surface area contributed by atoms with Crippen LogP contribution in [0.4, 0.5) is 11.8 Å². The SMILES string of the molecule is CC(C)OC(=O)[C@@H](C)N[P@](=O)(OC[C@H]1O[C@@H](n2ccc3c(NO)nc(N)nc32)[C@H](O)[C@@H]1O)Oc1ccccc1. The molecule has 3 heterocycles. The van der Waals surface area contributed by atoms with Crippen molar-refractivity contribution in [2.45, 2.75) is 57.5 Å². The molecule has 4 rings (SSSR count). The second kappa shape index (κ2) is 11.8. The van der Waals surface area contributed by atoms with E-state index in [0.717, 1.165) is 0 Å². The van der Waals surface area contributed by atoms with Gasteiger partial charge in [0, 0.05) is 6.20 Å². The lowest BCUT2D eigenvalue weighted by atomic mass is 10.1. The van der Waals surface area contributed by atoms with E-state index in [-0.39, 0.29) is 23.2 Å². The Morgan fingerprint density at radius 2 is 1.90 bits per heavy atom. The van der Waals surface area contributed by atoms with Crippen LogP contribution in [0.5, 0.6) is 5.75 Å². The zero-order valence-corrected chi connectivity index (χ0v) is 22.3. The fraction of sp³-hybridized carbons (Fsp3) is 0.435. The summed E-state index contributed by atoms with van der Waals surface area (Å²) in [5, 5.41) is 33.7. The van der Waals surface area contributed by atoms with Gasteiger partial charge in [-0.1, -0.05) is 18.2 Å². The summed E-state index contributed by atoms with van der Waals surface area (Å²) in [6, 6.07) is 8.66. The molecule has 7 N–H and O–H groups in total. The van der Waals surface area contributed by atoms with Crippen molar-refractivity contribution in [1.82, 2.24) is 19.6 Å². The lowest BCUT2D eigenvalue weighted by Gasteiger charge is -2.25. The molecule has 16 heteroatoms. The minimum Gasteiger partial charge on any atom is -0.462 e. The van der Waals surface area contributed by atoms with E-state index in [1.807, 2.05) is 5.48 Å². The molecule has 6 atom stereocenters. The molecular weight excluding hydrogens is 535 g/mol. The van der Waals surface area contributed by atoms with Crippen LogP contribution >= 0.6 is 7.75 Å². The number of esters is 1. The Kier molecular flexibility index (Phi) is 8.71. The molecule has 2 aromatic heterocycles. The highest BCUT2D eigenvalue weighted by molar-refractivity contribution is 7.52. The molecule has 0 amide bonds. The second-order valence-corrected chi connectivity index (χ2v) is 10.8. The maximum Gasteiger partial charge on any atom is 0.459 e. The van der Waals surface area contributed by atoms with Crippen LogP contribution in [0.3, 0.4) is 0 Å². The Morgan fingerprint density at radius 1 is 1.18 bits per heavy atom. The number of para-hydroxylation sites is 1. The summed E-state index contributed by atoms with van der Waals surface area (Å²) in [4.78, 5) is 20.4. The monoisotopic (exact) mass is 566 g/mol. The number of carbonyl (C=O) groups excluding carboxylic acids is 1. The maximum atomic E-state index is 13.7. The number of nitrogens with two attached hydrogens (primary N) is 1.